The minimum Gasteiger partial charge on any atom is -0.368 e. The molecule has 1 heterocycles. The van der Waals surface area contributed by atoms with E-state index in [1.807, 2.05) is 13.0 Å². The average Bonchev–Trinajstić information content (AvgIpc) is 2.46. The Kier molecular flexibility index (Phi) is 3.97. The van der Waals surface area contributed by atoms with Gasteiger partial charge in [0.2, 0.25) is 0 Å². The van der Waals surface area contributed by atoms with Crippen molar-refractivity contribution < 1.29 is 4.39 Å². The molecule has 3 atom stereocenters. The van der Waals surface area contributed by atoms with Crippen LogP contribution in [0.2, 0.25) is 0 Å². The number of rotatable bonds is 2. The van der Waals surface area contributed by atoms with Crippen LogP contribution in [0.5, 0.6) is 0 Å². The van der Waals surface area contributed by atoms with Crippen molar-refractivity contribution in [3.63, 3.8) is 0 Å². The first-order valence-corrected chi connectivity index (χ1v) is 7.98. The van der Waals surface area contributed by atoms with Crippen molar-refractivity contribution in [2.24, 2.45) is 11.7 Å². The Bertz CT molecular complexity index is 470. The van der Waals surface area contributed by atoms with Gasteiger partial charge in [0, 0.05) is 24.3 Å². The van der Waals surface area contributed by atoms with Crippen molar-refractivity contribution in [2.45, 2.75) is 57.5 Å². The fraction of sp³-hybridized carbons (Fsp3) is 0.647. The van der Waals surface area contributed by atoms with Gasteiger partial charge in [-0.25, -0.2) is 4.39 Å². The van der Waals surface area contributed by atoms with E-state index in [1.54, 1.807) is 12.1 Å². The summed E-state index contributed by atoms with van der Waals surface area (Å²) in [6.07, 6.45) is 7.94. The van der Waals surface area contributed by atoms with E-state index in [4.69, 9.17) is 5.73 Å². The van der Waals surface area contributed by atoms with E-state index >= 15 is 0 Å². The summed E-state index contributed by atoms with van der Waals surface area (Å²) in [7, 11) is 0. The molecule has 1 aliphatic carbocycles. The van der Waals surface area contributed by atoms with Crippen LogP contribution in [0.15, 0.2) is 18.2 Å². The number of nitrogens with two attached hydrogens (primary N) is 1. The lowest BCUT2D eigenvalue weighted by molar-refractivity contribution is 0.243. The van der Waals surface area contributed by atoms with Crippen molar-refractivity contribution in [3.8, 4) is 0 Å². The van der Waals surface area contributed by atoms with E-state index in [2.05, 4.69) is 4.90 Å². The molecule has 1 aromatic carbocycles. The number of benzene rings is 1. The zero-order valence-electron chi connectivity index (χ0n) is 12.3. The minimum absolute atomic E-state index is 0.121. The van der Waals surface area contributed by atoms with Gasteiger partial charge in [-0.2, -0.15) is 0 Å². The molecule has 0 bridgehead atoms. The summed E-state index contributed by atoms with van der Waals surface area (Å²) in [5.74, 6) is 0.640. The number of nitrogens with zero attached hydrogens (tertiary/aromatic N) is 1. The first kappa shape index (κ1) is 13.9. The number of anilines is 1. The molecule has 1 aliphatic heterocycles. The molecule has 0 radical (unpaired) electrons. The molecule has 1 saturated carbocycles. The van der Waals surface area contributed by atoms with Crippen LogP contribution in [-0.4, -0.2) is 12.6 Å². The summed E-state index contributed by atoms with van der Waals surface area (Å²) in [6, 6.07) is 5.65. The molecule has 0 aromatic heterocycles. The van der Waals surface area contributed by atoms with Crippen molar-refractivity contribution in [3.05, 3.63) is 29.6 Å². The van der Waals surface area contributed by atoms with Crippen molar-refractivity contribution in [2.75, 3.05) is 11.4 Å². The predicted octanol–water partition coefficient (Wildman–Crippen LogP) is 4.00. The third-order valence-electron chi connectivity index (χ3n) is 5.03. The van der Waals surface area contributed by atoms with Crippen LogP contribution < -0.4 is 10.6 Å². The molecular weight excluding hydrogens is 251 g/mol. The molecule has 3 rings (SSSR count). The standard InChI is InChI=1S/C17H25FN2/c1-12(19)15-11-14(18)8-9-17(15)20-10-4-6-13-5-2-3-7-16(13)20/h8-9,11-13,16H,2-7,10,19H2,1H3. The molecule has 1 aromatic rings. The van der Waals surface area contributed by atoms with Crippen LogP contribution in [0.3, 0.4) is 0 Å². The van der Waals surface area contributed by atoms with Gasteiger partial charge in [-0.05, 0) is 62.3 Å². The molecule has 0 spiro atoms. The van der Waals surface area contributed by atoms with E-state index in [1.165, 1.54) is 38.5 Å². The van der Waals surface area contributed by atoms with Crippen LogP contribution in [0.1, 0.15) is 57.1 Å². The second kappa shape index (κ2) is 5.72. The second-order valence-electron chi connectivity index (χ2n) is 6.44. The summed E-state index contributed by atoms with van der Waals surface area (Å²) < 4.78 is 13.5. The van der Waals surface area contributed by atoms with Crippen molar-refractivity contribution in [1.82, 2.24) is 0 Å². The van der Waals surface area contributed by atoms with E-state index in [9.17, 15) is 4.39 Å². The molecular formula is C17H25FN2. The number of piperidine rings is 1. The maximum Gasteiger partial charge on any atom is 0.123 e. The summed E-state index contributed by atoms with van der Waals surface area (Å²) in [6.45, 7) is 3.03. The van der Waals surface area contributed by atoms with Crippen LogP contribution in [0.4, 0.5) is 10.1 Å². The molecule has 2 aliphatic rings. The molecule has 2 N–H and O–H groups in total. The molecule has 3 unspecified atom stereocenters. The van der Waals surface area contributed by atoms with Gasteiger partial charge in [0.1, 0.15) is 5.82 Å². The first-order valence-electron chi connectivity index (χ1n) is 7.98. The van der Waals surface area contributed by atoms with Gasteiger partial charge in [-0.1, -0.05) is 12.8 Å². The third kappa shape index (κ3) is 2.56. The summed E-state index contributed by atoms with van der Waals surface area (Å²) in [5, 5.41) is 0. The highest BCUT2D eigenvalue weighted by atomic mass is 19.1. The summed E-state index contributed by atoms with van der Waals surface area (Å²) >= 11 is 0. The third-order valence-corrected chi connectivity index (χ3v) is 5.03. The van der Waals surface area contributed by atoms with Gasteiger partial charge >= 0.3 is 0 Å². The molecule has 110 valence electrons. The summed E-state index contributed by atoms with van der Waals surface area (Å²) in [5.41, 5.74) is 8.18. The number of halogens is 1. The number of hydrogen-bond acceptors (Lipinski definition) is 2. The van der Waals surface area contributed by atoms with Gasteiger partial charge in [0.25, 0.3) is 0 Å². The van der Waals surface area contributed by atoms with E-state index in [-0.39, 0.29) is 11.9 Å². The van der Waals surface area contributed by atoms with Crippen molar-refractivity contribution in [1.29, 1.82) is 0 Å². The molecule has 2 fully saturated rings. The fourth-order valence-electron chi connectivity index (χ4n) is 4.08. The fourth-order valence-corrected chi connectivity index (χ4v) is 4.08. The zero-order chi connectivity index (χ0) is 14.1. The van der Waals surface area contributed by atoms with Gasteiger partial charge in [-0.15, -0.1) is 0 Å². The predicted molar refractivity (Wildman–Crippen MR) is 81.3 cm³/mol. The minimum atomic E-state index is -0.182. The quantitative estimate of drug-likeness (QED) is 0.884. The van der Waals surface area contributed by atoms with E-state index in [0.29, 0.717) is 6.04 Å². The Morgan fingerprint density at radius 1 is 1.20 bits per heavy atom. The highest BCUT2D eigenvalue weighted by molar-refractivity contribution is 5.56. The monoisotopic (exact) mass is 276 g/mol. The Balaban J connectivity index is 1.94. The lowest BCUT2D eigenvalue weighted by atomic mass is 9.78. The lowest BCUT2D eigenvalue weighted by Gasteiger charge is -2.46. The Morgan fingerprint density at radius 2 is 1.95 bits per heavy atom. The maximum atomic E-state index is 13.5. The van der Waals surface area contributed by atoms with Crippen LogP contribution >= 0.6 is 0 Å². The normalized spacial score (nSPS) is 28.1. The average molecular weight is 276 g/mol. The Labute approximate surface area is 121 Å². The zero-order valence-corrected chi connectivity index (χ0v) is 12.3. The highest BCUT2D eigenvalue weighted by Crippen LogP contribution is 2.39. The van der Waals surface area contributed by atoms with Gasteiger partial charge in [0.05, 0.1) is 0 Å². The largest absolute Gasteiger partial charge is 0.368 e. The van der Waals surface area contributed by atoms with E-state index in [0.717, 1.165) is 23.7 Å². The van der Waals surface area contributed by atoms with Gasteiger partial charge in [-0.3, -0.25) is 0 Å². The first-order chi connectivity index (χ1) is 9.66. The van der Waals surface area contributed by atoms with Gasteiger partial charge < -0.3 is 10.6 Å². The van der Waals surface area contributed by atoms with Gasteiger partial charge in [0.15, 0.2) is 0 Å². The topological polar surface area (TPSA) is 29.3 Å². The Morgan fingerprint density at radius 3 is 2.75 bits per heavy atom. The number of hydrogen-bond donors (Lipinski definition) is 1. The second-order valence-corrected chi connectivity index (χ2v) is 6.44. The maximum absolute atomic E-state index is 13.5. The van der Waals surface area contributed by atoms with Crippen LogP contribution in [0, 0.1) is 11.7 Å². The van der Waals surface area contributed by atoms with E-state index < -0.39 is 0 Å². The van der Waals surface area contributed by atoms with Crippen LogP contribution in [-0.2, 0) is 0 Å². The smallest absolute Gasteiger partial charge is 0.123 e. The van der Waals surface area contributed by atoms with Crippen LogP contribution in [0.25, 0.3) is 0 Å². The molecule has 2 nitrogen and oxygen atoms in total. The SMILES string of the molecule is CC(N)c1cc(F)ccc1N1CCCC2CCCCC21. The van der Waals surface area contributed by atoms with Crippen molar-refractivity contribution >= 4 is 5.69 Å². The highest BCUT2D eigenvalue weighted by Gasteiger charge is 2.34. The summed E-state index contributed by atoms with van der Waals surface area (Å²) in [4.78, 5) is 2.52. The Hall–Kier alpha value is -1.09. The molecule has 0 amide bonds. The molecule has 20 heavy (non-hydrogen) atoms. The molecule has 3 heteroatoms. The molecule has 1 saturated heterocycles. The number of fused-ring (bicyclic) bond motifs is 1. The lowest BCUT2D eigenvalue weighted by Crippen LogP contribution is -2.47.